The van der Waals surface area contributed by atoms with E-state index in [0.29, 0.717) is 0 Å². The van der Waals surface area contributed by atoms with Crippen LogP contribution < -0.4 is 16.4 Å². The summed E-state index contributed by atoms with van der Waals surface area (Å²) in [6, 6.07) is -1.77. The molecule has 0 aromatic carbocycles. The van der Waals surface area contributed by atoms with Crippen molar-refractivity contribution < 1.29 is 9.59 Å². The van der Waals surface area contributed by atoms with E-state index < -0.39 is 12.1 Å². The number of amides is 3. The van der Waals surface area contributed by atoms with Gasteiger partial charge in [-0.3, -0.25) is 4.79 Å². The van der Waals surface area contributed by atoms with Gasteiger partial charge in [0.05, 0.1) is 6.04 Å². The highest BCUT2D eigenvalue weighted by Crippen LogP contribution is 1.84. The molecule has 0 bridgehead atoms. The van der Waals surface area contributed by atoms with Gasteiger partial charge in [-0.25, -0.2) is 4.79 Å². The number of hydrogen-bond acceptors (Lipinski definition) is 2. The molecule has 0 aromatic rings. The lowest BCUT2D eigenvalue weighted by molar-refractivity contribution is -0.122. The smallest absolute Gasteiger partial charge is 0.312 e. The Kier molecular flexibility index (Phi) is 4.38. The van der Waals surface area contributed by atoms with E-state index in [1.165, 1.54) is 6.92 Å². The van der Waals surface area contributed by atoms with Gasteiger partial charge in [0, 0.05) is 0 Å². The first-order valence-corrected chi connectivity index (χ1v) is 3.79. The number of terminal acetylenes is 1. The van der Waals surface area contributed by atoms with E-state index in [2.05, 4.69) is 16.6 Å². The summed E-state index contributed by atoms with van der Waals surface area (Å²) >= 11 is 0. The molecule has 0 aliphatic carbocycles. The topological polar surface area (TPSA) is 84.2 Å². The van der Waals surface area contributed by atoms with E-state index in [-0.39, 0.29) is 11.9 Å². The minimum Gasteiger partial charge on any atom is -0.352 e. The van der Waals surface area contributed by atoms with E-state index in [4.69, 9.17) is 12.2 Å². The molecule has 4 N–H and O–H groups in total. The molecular formula is C8H13N3O2. The van der Waals surface area contributed by atoms with Gasteiger partial charge in [0.1, 0.15) is 6.04 Å². The summed E-state index contributed by atoms with van der Waals surface area (Å²) in [5, 5.41) is 4.72. The molecule has 3 amide bonds. The van der Waals surface area contributed by atoms with Gasteiger partial charge >= 0.3 is 6.03 Å². The molecule has 72 valence electrons. The molecular weight excluding hydrogens is 170 g/mol. The van der Waals surface area contributed by atoms with Crippen molar-refractivity contribution in [2.75, 3.05) is 0 Å². The van der Waals surface area contributed by atoms with Crippen LogP contribution >= 0.6 is 0 Å². The first-order valence-electron chi connectivity index (χ1n) is 3.79. The van der Waals surface area contributed by atoms with Crippen LogP contribution in [0.5, 0.6) is 0 Å². The number of rotatable bonds is 3. The number of urea groups is 1. The van der Waals surface area contributed by atoms with Crippen LogP contribution in [0.3, 0.4) is 0 Å². The molecule has 13 heavy (non-hydrogen) atoms. The Hall–Kier alpha value is -1.70. The van der Waals surface area contributed by atoms with Crippen LogP contribution in [-0.4, -0.2) is 24.0 Å². The summed E-state index contributed by atoms with van der Waals surface area (Å²) in [4.78, 5) is 21.5. The van der Waals surface area contributed by atoms with Crippen molar-refractivity contribution in [3.63, 3.8) is 0 Å². The van der Waals surface area contributed by atoms with Gasteiger partial charge in [0.2, 0.25) is 5.91 Å². The molecule has 0 aromatic heterocycles. The standard InChI is InChI=1S/C8H13N3O2/c1-4-5(2)10-7(12)6(3)11-8(9)13/h1,5-6H,2-3H3,(H,10,12)(H3,9,11,13). The molecule has 0 saturated carbocycles. The zero-order chi connectivity index (χ0) is 10.4. The molecule has 0 rings (SSSR count). The third-order valence-electron chi connectivity index (χ3n) is 1.36. The highest BCUT2D eigenvalue weighted by atomic mass is 16.2. The normalized spacial score (nSPS) is 13.6. The fraction of sp³-hybridized carbons (Fsp3) is 0.500. The lowest BCUT2D eigenvalue weighted by atomic mass is 10.3. The van der Waals surface area contributed by atoms with Gasteiger partial charge in [0.25, 0.3) is 0 Å². The zero-order valence-electron chi connectivity index (χ0n) is 7.63. The van der Waals surface area contributed by atoms with Gasteiger partial charge < -0.3 is 16.4 Å². The number of nitrogens with one attached hydrogen (secondary N) is 2. The van der Waals surface area contributed by atoms with Crippen LogP contribution in [0.2, 0.25) is 0 Å². The van der Waals surface area contributed by atoms with E-state index in [1.807, 2.05) is 0 Å². The van der Waals surface area contributed by atoms with Gasteiger partial charge in [-0.15, -0.1) is 6.42 Å². The second-order valence-electron chi connectivity index (χ2n) is 2.63. The maximum absolute atomic E-state index is 11.2. The van der Waals surface area contributed by atoms with Crippen molar-refractivity contribution in [2.45, 2.75) is 25.9 Å². The molecule has 0 aliphatic heterocycles. The summed E-state index contributed by atoms with van der Waals surface area (Å²) in [5.74, 6) is 1.97. The third-order valence-corrected chi connectivity index (χ3v) is 1.36. The van der Waals surface area contributed by atoms with E-state index in [1.54, 1.807) is 6.92 Å². The Morgan fingerprint density at radius 2 is 1.92 bits per heavy atom. The van der Waals surface area contributed by atoms with Gasteiger partial charge in [0.15, 0.2) is 0 Å². The fourth-order valence-corrected chi connectivity index (χ4v) is 0.659. The van der Waals surface area contributed by atoms with E-state index in [9.17, 15) is 9.59 Å². The second kappa shape index (κ2) is 5.04. The number of carbonyl (C=O) groups is 2. The molecule has 2 atom stereocenters. The maximum Gasteiger partial charge on any atom is 0.312 e. The third kappa shape index (κ3) is 4.69. The summed E-state index contributed by atoms with van der Waals surface area (Å²) in [5.41, 5.74) is 4.82. The van der Waals surface area contributed by atoms with Crippen LogP contribution in [0.1, 0.15) is 13.8 Å². The minimum atomic E-state index is -0.740. The summed E-state index contributed by atoms with van der Waals surface area (Å²) in [6.07, 6.45) is 5.04. The lowest BCUT2D eigenvalue weighted by Gasteiger charge is -2.13. The predicted molar refractivity (Wildman–Crippen MR) is 48.6 cm³/mol. The summed E-state index contributed by atoms with van der Waals surface area (Å²) in [6.45, 7) is 3.18. The minimum absolute atomic E-state index is 0.357. The van der Waals surface area contributed by atoms with Crippen molar-refractivity contribution >= 4 is 11.9 Å². The molecule has 2 unspecified atom stereocenters. The molecule has 0 aliphatic rings. The average Bonchev–Trinajstić information content (AvgIpc) is 2.02. The first kappa shape index (κ1) is 11.3. The zero-order valence-corrected chi connectivity index (χ0v) is 7.63. The molecule has 0 spiro atoms. The predicted octanol–water partition coefficient (Wildman–Crippen LogP) is -0.819. The van der Waals surface area contributed by atoms with Crippen LogP contribution in [-0.2, 0) is 4.79 Å². The SMILES string of the molecule is C#CC(C)NC(=O)C(C)NC(N)=O. The maximum atomic E-state index is 11.2. The Morgan fingerprint density at radius 1 is 1.38 bits per heavy atom. The van der Waals surface area contributed by atoms with Gasteiger partial charge in [-0.1, -0.05) is 5.92 Å². The van der Waals surface area contributed by atoms with Crippen molar-refractivity contribution in [3.8, 4) is 12.3 Å². The Morgan fingerprint density at radius 3 is 2.31 bits per heavy atom. The molecule has 5 heteroatoms. The summed E-state index contributed by atoms with van der Waals surface area (Å²) < 4.78 is 0. The Balaban J connectivity index is 3.98. The molecule has 0 heterocycles. The first-order chi connectivity index (χ1) is 5.97. The van der Waals surface area contributed by atoms with Crippen molar-refractivity contribution in [1.29, 1.82) is 0 Å². The quantitative estimate of drug-likeness (QED) is 0.499. The van der Waals surface area contributed by atoms with Gasteiger partial charge in [-0.05, 0) is 13.8 Å². The Labute approximate surface area is 77.1 Å². The second-order valence-corrected chi connectivity index (χ2v) is 2.63. The van der Waals surface area contributed by atoms with Crippen molar-refractivity contribution in [2.24, 2.45) is 5.73 Å². The fourth-order valence-electron chi connectivity index (χ4n) is 0.659. The van der Waals surface area contributed by atoms with Crippen LogP contribution in [0.15, 0.2) is 0 Å². The van der Waals surface area contributed by atoms with Crippen molar-refractivity contribution in [3.05, 3.63) is 0 Å². The highest BCUT2D eigenvalue weighted by Gasteiger charge is 2.14. The lowest BCUT2D eigenvalue weighted by Crippen LogP contribution is -2.48. The number of carbonyl (C=O) groups excluding carboxylic acids is 2. The van der Waals surface area contributed by atoms with Crippen LogP contribution in [0.25, 0.3) is 0 Å². The number of hydrogen-bond donors (Lipinski definition) is 3. The summed E-state index contributed by atoms with van der Waals surface area (Å²) in [7, 11) is 0. The van der Waals surface area contributed by atoms with E-state index in [0.717, 1.165) is 0 Å². The van der Waals surface area contributed by atoms with Crippen molar-refractivity contribution in [1.82, 2.24) is 10.6 Å². The average molecular weight is 183 g/mol. The molecule has 0 saturated heterocycles. The Bertz CT molecular complexity index is 244. The van der Waals surface area contributed by atoms with Gasteiger partial charge in [-0.2, -0.15) is 0 Å². The van der Waals surface area contributed by atoms with E-state index >= 15 is 0 Å². The monoisotopic (exact) mass is 183 g/mol. The number of nitrogens with two attached hydrogens (primary N) is 1. The van der Waals surface area contributed by atoms with Crippen LogP contribution in [0, 0.1) is 12.3 Å². The molecule has 5 nitrogen and oxygen atoms in total. The van der Waals surface area contributed by atoms with Crippen LogP contribution in [0.4, 0.5) is 4.79 Å². The largest absolute Gasteiger partial charge is 0.352 e. The molecule has 0 radical (unpaired) electrons. The number of primary amides is 1. The molecule has 0 fully saturated rings. The highest BCUT2D eigenvalue weighted by molar-refractivity contribution is 5.86.